The van der Waals surface area contributed by atoms with E-state index >= 15 is 0 Å². The number of nitrogens with zero attached hydrogens (tertiary/aromatic N) is 1. The van der Waals surface area contributed by atoms with Crippen molar-refractivity contribution in [2.45, 2.75) is 57.3 Å². The van der Waals surface area contributed by atoms with Gasteiger partial charge in [-0.25, -0.2) is 8.42 Å². The molecular formula is C33H40N2O6S. The van der Waals surface area contributed by atoms with Crippen molar-refractivity contribution in [1.82, 2.24) is 4.90 Å². The summed E-state index contributed by atoms with van der Waals surface area (Å²) in [5, 5.41) is 0. The number of piperidine rings is 1. The predicted octanol–water partition coefficient (Wildman–Crippen LogP) is 5.55. The van der Waals surface area contributed by atoms with E-state index in [9.17, 15) is 18.0 Å². The normalized spacial score (nSPS) is 14.1. The molecule has 9 heteroatoms. The summed E-state index contributed by atoms with van der Waals surface area (Å²) >= 11 is 0. The zero-order valence-corrected chi connectivity index (χ0v) is 25.6. The number of amides is 1. The average molecular weight is 593 g/mol. The van der Waals surface area contributed by atoms with Gasteiger partial charge in [0.1, 0.15) is 10.6 Å². The molecule has 1 N–H and O–H groups in total. The van der Waals surface area contributed by atoms with Crippen LogP contribution in [-0.2, 0) is 37.2 Å². The minimum Gasteiger partial charge on any atom is -0.495 e. The summed E-state index contributed by atoms with van der Waals surface area (Å²) in [6.07, 6.45) is 1.93. The third-order valence-electron chi connectivity index (χ3n) is 7.62. The van der Waals surface area contributed by atoms with E-state index in [-0.39, 0.29) is 29.1 Å². The Morgan fingerprint density at radius 1 is 0.952 bits per heavy atom. The first-order chi connectivity index (χ1) is 20.1. The van der Waals surface area contributed by atoms with Crippen LogP contribution in [0.25, 0.3) is 0 Å². The highest BCUT2D eigenvalue weighted by Gasteiger charge is 2.28. The molecule has 8 nitrogen and oxygen atoms in total. The number of rotatable bonds is 11. The monoisotopic (exact) mass is 592 g/mol. The van der Waals surface area contributed by atoms with Crippen LogP contribution in [0.5, 0.6) is 5.75 Å². The number of carbonyl (C=O) groups excluding carboxylic acids is 2. The van der Waals surface area contributed by atoms with Crippen LogP contribution in [0.15, 0.2) is 71.6 Å². The molecule has 0 atom stereocenters. The van der Waals surface area contributed by atoms with E-state index in [0.717, 1.165) is 16.7 Å². The number of sulfonamides is 1. The lowest BCUT2D eigenvalue weighted by Crippen LogP contribution is -2.41. The molecule has 0 radical (unpaired) electrons. The Labute approximate surface area is 249 Å². The molecular weight excluding hydrogens is 552 g/mol. The van der Waals surface area contributed by atoms with Gasteiger partial charge in [-0.3, -0.25) is 14.3 Å². The van der Waals surface area contributed by atoms with Crippen LogP contribution in [0, 0.1) is 5.92 Å². The summed E-state index contributed by atoms with van der Waals surface area (Å²) in [7, 11) is -2.47. The Kier molecular flexibility index (Phi) is 10.3. The number of likely N-dealkylation sites (tertiary alicyclic amines) is 1. The minimum absolute atomic E-state index is 0.0222. The Morgan fingerprint density at radius 3 is 2.19 bits per heavy atom. The third kappa shape index (κ3) is 7.70. The number of hydrogen-bond acceptors (Lipinski definition) is 6. The van der Waals surface area contributed by atoms with Crippen molar-refractivity contribution >= 4 is 27.6 Å². The lowest BCUT2D eigenvalue weighted by atomic mass is 9.96. The number of hydrogen-bond donors (Lipinski definition) is 1. The maximum Gasteiger partial charge on any atom is 0.309 e. The zero-order chi connectivity index (χ0) is 30.3. The quantitative estimate of drug-likeness (QED) is 0.293. The van der Waals surface area contributed by atoms with Gasteiger partial charge in [-0.05, 0) is 66.1 Å². The van der Waals surface area contributed by atoms with Crippen LogP contribution in [0.1, 0.15) is 61.8 Å². The van der Waals surface area contributed by atoms with Gasteiger partial charge in [-0.1, -0.05) is 62.4 Å². The van der Waals surface area contributed by atoms with Crippen molar-refractivity contribution in [1.29, 1.82) is 0 Å². The number of para-hydroxylation sites is 1. The van der Waals surface area contributed by atoms with Gasteiger partial charge in [-0.2, -0.15) is 0 Å². The number of nitrogens with one attached hydrogen (secondary N) is 1. The molecule has 42 heavy (non-hydrogen) atoms. The van der Waals surface area contributed by atoms with Gasteiger partial charge in [-0.15, -0.1) is 0 Å². The molecule has 0 spiro atoms. The molecule has 0 unspecified atom stereocenters. The fraction of sp³-hybridized carbons (Fsp3) is 0.394. The second-order valence-corrected chi connectivity index (χ2v) is 12.6. The van der Waals surface area contributed by atoms with Crippen molar-refractivity contribution in [2.75, 3.05) is 31.5 Å². The molecule has 1 saturated heterocycles. The van der Waals surface area contributed by atoms with E-state index in [4.69, 9.17) is 9.47 Å². The lowest BCUT2D eigenvalue weighted by Gasteiger charge is -2.31. The lowest BCUT2D eigenvalue weighted by molar-refractivity contribution is -0.151. The van der Waals surface area contributed by atoms with Crippen LogP contribution in [0.2, 0.25) is 0 Å². The minimum atomic E-state index is -3.95. The first kappa shape index (κ1) is 31.1. The average Bonchev–Trinajstić information content (AvgIpc) is 2.98. The van der Waals surface area contributed by atoms with Crippen LogP contribution >= 0.6 is 0 Å². The molecule has 1 amide bonds. The Hall–Kier alpha value is -3.85. The number of methoxy groups -OCH3 is 1. The molecule has 0 aromatic heterocycles. The maximum absolute atomic E-state index is 13.4. The van der Waals surface area contributed by atoms with Crippen molar-refractivity contribution in [3.63, 3.8) is 0 Å². The number of ether oxygens (including phenoxy) is 2. The highest BCUT2D eigenvalue weighted by molar-refractivity contribution is 7.92. The number of esters is 1. The van der Waals surface area contributed by atoms with E-state index in [1.54, 1.807) is 42.2 Å². The van der Waals surface area contributed by atoms with Gasteiger partial charge < -0.3 is 14.4 Å². The smallest absolute Gasteiger partial charge is 0.309 e. The first-order valence-corrected chi connectivity index (χ1v) is 15.9. The molecule has 0 bridgehead atoms. The molecule has 1 aliphatic heterocycles. The second kappa shape index (κ2) is 13.9. The molecule has 3 aromatic rings. The standard InChI is InChI=1S/C33H40N2O6S/c1-5-41-33(37)27-17-19-35(20-18-27)31(36)22-25-11-15-29(16-12-25)34-42(38,39)30-8-6-7-28(32(30)40-4)21-24-9-13-26(14-10-24)23(2)3/h6-16,23,27,34H,5,17-22H2,1-4H3. The molecule has 3 aromatic carbocycles. The predicted molar refractivity (Wildman–Crippen MR) is 163 cm³/mol. The first-order valence-electron chi connectivity index (χ1n) is 14.4. The van der Waals surface area contributed by atoms with Crippen molar-refractivity contribution in [2.24, 2.45) is 5.92 Å². The van der Waals surface area contributed by atoms with Gasteiger partial charge in [0.25, 0.3) is 10.0 Å². The summed E-state index contributed by atoms with van der Waals surface area (Å²) in [6, 6.07) is 20.2. The van der Waals surface area contributed by atoms with E-state index in [2.05, 4.69) is 42.8 Å². The van der Waals surface area contributed by atoms with Crippen molar-refractivity contribution in [3.05, 3.63) is 89.0 Å². The summed E-state index contributed by atoms with van der Waals surface area (Å²) in [5.74, 6) is 0.378. The SMILES string of the molecule is CCOC(=O)C1CCN(C(=O)Cc2ccc(NS(=O)(=O)c3cccc(Cc4ccc(C(C)C)cc4)c3OC)cc2)CC1. The van der Waals surface area contributed by atoms with Gasteiger partial charge in [0.2, 0.25) is 5.91 Å². The Morgan fingerprint density at radius 2 is 1.60 bits per heavy atom. The molecule has 0 aliphatic carbocycles. The summed E-state index contributed by atoms with van der Waals surface area (Å²) in [5.41, 5.74) is 4.25. The molecule has 1 heterocycles. The topological polar surface area (TPSA) is 102 Å². The van der Waals surface area contributed by atoms with Gasteiger partial charge >= 0.3 is 5.97 Å². The maximum atomic E-state index is 13.4. The number of carbonyl (C=O) groups is 2. The Balaban J connectivity index is 1.39. The summed E-state index contributed by atoms with van der Waals surface area (Å²) in [6.45, 7) is 7.47. The molecule has 0 saturated carbocycles. The van der Waals surface area contributed by atoms with Gasteiger partial charge in [0, 0.05) is 25.2 Å². The summed E-state index contributed by atoms with van der Waals surface area (Å²) < 4.78 is 40.2. The zero-order valence-electron chi connectivity index (χ0n) is 24.8. The second-order valence-electron chi connectivity index (χ2n) is 10.9. The van der Waals surface area contributed by atoms with E-state index < -0.39 is 10.0 Å². The van der Waals surface area contributed by atoms with Crippen molar-refractivity contribution < 1.29 is 27.5 Å². The molecule has 1 fully saturated rings. The number of anilines is 1. The van der Waals surface area contributed by atoms with Crippen LogP contribution in [0.3, 0.4) is 0 Å². The summed E-state index contributed by atoms with van der Waals surface area (Å²) in [4.78, 5) is 26.6. The van der Waals surface area contributed by atoms with E-state index in [0.29, 0.717) is 56.3 Å². The highest BCUT2D eigenvalue weighted by atomic mass is 32.2. The molecule has 1 aliphatic rings. The largest absolute Gasteiger partial charge is 0.495 e. The van der Waals surface area contributed by atoms with Crippen LogP contribution in [-0.4, -0.2) is 52.0 Å². The van der Waals surface area contributed by atoms with Crippen LogP contribution in [0.4, 0.5) is 5.69 Å². The van der Waals surface area contributed by atoms with E-state index in [1.807, 2.05) is 6.07 Å². The van der Waals surface area contributed by atoms with Crippen LogP contribution < -0.4 is 9.46 Å². The highest BCUT2D eigenvalue weighted by Crippen LogP contribution is 2.31. The molecule has 224 valence electrons. The van der Waals surface area contributed by atoms with Gasteiger partial charge in [0.15, 0.2) is 0 Å². The van der Waals surface area contributed by atoms with Crippen molar-refractivity contribution in [3.8, 4) is 5.75 Å². The fourth-order valence-electron chi connectivity index (χ4n) is 5.20. The number of benzene rings is 3. The molecule has 4 rings (SSSR count). The van der Waals surface area contributed by atoms with Gasteiger partial charge in [0.05, 0.1) is 26.1 Å². The van der Waals surface area contributed by atoms with E-state index in [1.165, 1.54) is 18.7 Å². The third-order valence-corrected chi connectivity index (χ3v) is 9.03. The fourth-order valence-corrected chi connectivity index (χ4v) is 6.47. The Bertz CT molecular complexity index is 1480.